The SMILES string of the molecule is C[C@@H]1CN(c2ccc(CNC(=O)C3(C#N)CCCC3)cc2F)C[C@@H](C)O1. The Morgan fingerprint density at radius 2 is 2.00 bits per heavy atom. The minimum absolute atomic E-state index is 0.0608. The van der Waals surface area contributed by atoms with Crippen LogP contribution in [0.4, 0.5) is 10.1 Å². The van der Waals surface area contributed by atoms with E-state index in [4.69, 9.17) is 4.74 Å². The molecule has 0 unspecified atom stereocenters. The Labute approximate surface area is 154 Å². The van der Waals surface area contributed by atoms with Gasteiger partial charge in [-0.15, -0.1) is 0 Å². The van der Waals surface area contributed by atoms with Crippen molar-refractivity contribution in [1.82, 2.24) is 5.32 Å². The maximum atomic E-state index is 14.6. The molecule has 0 aromatic heterocycles. The molecule has 1 saturated heterocycles. The van der Waals surface area contributed by atoms with Crippen LogP contribution in [0.15, 0.2) is 18.2 Å². The second-order valence-electron chi connectivity index (χ2n) is 7.53. The summed E-state index contributed by atoms with van der Waals surface area (Å²) in [5, 5.41) is 12.2. The highest BCUT2D eigenvalue weighted by Gasteiger charge is 2.41. The average molecular weight is 359 g/mol. The van der Waals surface area contributed by atoms with Crippen LogP contribution < -0.4 is 10.2 Å². The molecule has 1 heterocycles. The summed E-state index contributed by atoms with van der Waals surface area (Å²) in [6, 6.07) is 7.24. The first-order chi connectivity index (χ1) is 12.4. The van der Waals surface area contributed by atoms with E-state index in [0.29, 0.717) is 37.2 Å². The van der Waals surface area contributed by atoms with E-state index in [1.165, 1.54) is 6.07 Å². The molecule has 2 atom stereocenters. The molecule has 0 bridgehead atoms. The number of anilines is 1. The first-order valence-electron chi connectivity index (χ1n) is 9.32. The van der Waals surface area contributed by atoms with Crippen LogP contribution in [0.5, 0.6) is 0 Å². The minimum Gasteiger partial charge on any atom is -0.372 e. The van der Waals surface area contributed by atoms with Crippen molar-refractivity contribution in [2.75, 3.05) is 18.0 Å². The summed E-state index contributed by atoms with van der Waals surface area (Å²) < 4.78 is 20.3. The third-order valence-electron chi connectivity index (χ3n) is 5.33. The third kappa shape index (κ3) is 3.83. The molecule has 5 nitrogen and oxygen atoms in total. The molecule has 6 heteroatoms. The summed E-state index contributed by atoms with van der Waals surface area (Å²) in [6.45, 7) is 5.51. The standard InChI is InChI=1S/C20H26FN3O2/c1-14-11-24(12-15(2)26-14)18-6-5-16(9-17(18)21)10-23-19(25)20(13-22)7-3-4-8-20/h5-6,9,14-15H,3-4,7-8,10-12H2,1-2H3,(H,23,25)/t14-,15-/m1/s1. The van der Waals surface area contributed by atoms with Gasteiger partial charge in [0.25, 0.3) is 0 Å². The first-order valence-corrected chi connectivity index (χ1v) is 9.32. The molecule has 1 N–H and O–H groups in total. The number of carbonyl (C=O) groups is 1. The molecule has 140 valence electrons. The summed E-state index contributed by atoms with van der Waals surface area (Å²) >= 11 is 0. The summed E-state index contributed by atoms with van der Waals surface area (Å²) in [5.41, 5.74) is 0.352. The number of morpholine rings is 1. The normalized spacial score (nSPS) is 24.9. The smallest absolute Gasteiger partial charge is 0.240 e. The lowest BCUT2D eigenvalue weighted by Gasteiger charge is -2.37. The second-order valence-corrected chi connectivity index (χ2v) is 7.53. The number of nitriles is 1. The van der Waals surface area contributed by atoms with Gasteiger partial charge in [-0.2, -0.15) is 5.26 Å². The largest absolute Gasteiger partial charge is 0.372 e. The van der Waals surface area contributed by atoms with E-state index in [0.717, 1.165) is 12.8 Å². The first kappa shape index (κ1) is 18.7. The zero-order valence-corrected chi connectivity index (χ0v) is 15.4. The van der Waals surface area contributed by atoms with Crippen molar-refractivity contribution in [3.05, 3.63) is 29.6 Å². The van der Waals surface area contributed by atoms with Crippen LogP contribution in [0.1, 0.15) is 45.1 Å². The van der Waals surface area contributed by atoms with Gasteiger partial charge < -0.3 is 15.0 Å². The Morgan fingerprint density at radius 3 is 2.58 bits per heavy atom. The number of carbonyl (C=O) groups excluding carboxylic acids is 1. The van der Waals surface area contributed by atoms with Crippen molar-refractivity contribution in [3.8, 4) is 6.07 Å². The van der Waals surface area contributed by atoms with Crippen molar-refractivity contribution in [2.24, 2.45) is 5.41 Å². The summed E-state index contributed by atoms with van der Waals surface area (Å²) in [6.07, 6.45) is 3.14. The van der Waals surface area contributed by atoms with Gasteiger partial charge in [0.1, 0.15) is 11.2 Å². The summed E-state index contributed by atoms with van der Waals surface area (Å²) in [4.78, 5) is 14.4. The molecular weight excluding hydrogens is 333 g/mol. The number of benzene rings is 1. The molecule has 1 saturated carbocycles. The number of halogens is 1. The van der Waals surface area contributed by atoms with Gasteiger partial charge in [-0.25, -0.2) is 4.39 Å². The van der Waals surface area contributed by atoms with Crippen molar-refractivity contribution in [2.45, 2.75) is 58.3 Å². The Morgan fingerprint density at radius 1 is 1.35 bits per heavy atom. The van der Waals surface area contributed by atoms with Gasteiger partial charge in [-0.3, -0.25) is 4.79 Å². The number of nitrogens with zero attached hydrogens (tertiary/aromatic N) is 2. The van der Waals surface area contributed by atoms with E-state index in [1.807, 2.05) is 24.8 Å². The zero-order chi connectivity index (χ0) is 18.7. The van der Waals surface area contributed by atoms with E-state index < -0.39 is 5.41 Å². The van der Waals surface area contributed by atoms with E-state index in [1.54, 1.807) is 6.07 Å². The van der Waals surface area contributed by atoms with E-state index >= 15 is 0 Å². The lowest BCUT2D eigenvalue weighted by atomic mass is 9.87. The number of rotatable bonds is 4. The number of amides is 1. The highest BCUT2D eigenvalue weighted by atomic mass is 19.1. The van der Waals surface area contributed by atoms with E-state index in [-0.39, 0.29) is 30.5 Å². The fraction of sp³-hybridized carbons (Fsp3) is 0.600. The van der Waals surface area contributed by atoms with Crippen molar-refractivity contribution >= 4 is 11.6 Å². The highest BCUT2D eigenvalue weighted by molar-refractivity contribution is 5.85. The monoisotopic (exact) mass is 359 g/mol. The van der Waals surface area contributed by atoms with E-state index in [9.17, 15) is 14.4 Å². The quantitative estimate of drug-likeness (QED) is 0.897. The van der Waals surface area contributed by atoms with Crippen molar-refractivity contribution in [1.29, 1.82) is 5.26 Å². The van der Waals surface area contributed by atoms with Crippen LogP contribution in [0.2, 0.25) is 0 Å². The van der Waals surface area contributed by atoms with Crippen LogP contribution >= 0.6 is 0 Å². The molecule has 1 aromatic rings. The van der Waals surface area contributed by atoms with Gasteiger partial charge >= 0.3 is 0 Å². The van der Waals surface area contributed by atoms with Gasteiger partial charge in [0.15, 0.2) is 0 Å². The molecule has 1 aromatic carbocycles. The van der Waals surface area contributed by atoms with Crippen LogP contribution in [-0.4, -0.2) is 31.2 Å². The van der Waals surface area contributed by atoms with Gasteiger partial charge in [0.05, 0.1) is 24.0 Å². The molecule has 0 spiro atoms. The molecular formula is C20H26FN3O2. The predicted molar refractivity (Wildman–Crippen MR) is 97.0 cm³/mol. The summed E-state index contributed by atoms with van der Waals surface area (Å²) in [7, 11) is 0. The van der Waals surface area contributed by atoms with Gasteiger partial charge in [-0.05, 0) is 44.4 Å². The van der Waals surface area contributed by atoms with Gasteiger partial charge in [0.2, 0.25) is 5.91 Å². The lowest BCUT2D eigenvalue weighted by Crippen LogP contribution is -2.45. The maximum Gasteiger partial charge on any atom is 0.240 e. The van der Waals surface area contributed by atoms with Gasteiger partial charge in [-0.1, -0.05) is 18.9 Å². The molecule has 2 fully saturated rings. The Hall–Kier alpha value is -2.13. The van der Waals surface area contributed by atoms with Crippen LogP contribution in [0.25, 0.3) is 0 Å². The lowest BCUT2D eigenvalue weighted by molar-refractivity contribution is -0.128. The average Bonchev–Trinajstić information content (AvgIpc) is 3.09. The predicted octanol–water partition coefficient (Wildman–Crippen LogP) is 3.14. The fourth-order valence-electron chi connectivity index (χ4n) is 4.01. The molecule has 0 radical (unpaired) electrons. The number of hydrogen-bond acceptors (Lipinski definition) is 4. The van der Waals surface area contributed by atoms with Crippen molar-refractivity contribution < 1.29 is 13.9 Å². The maximum absolute atomic E-state index is 14.6. The third-order valence-corrected chi connectivity index (χ3v) is 5.33. The molecule has 2 aliphatic rings. The molecule has 3 rings (SSSR count). The van der Waals surface area contributed by atoms with Crippen molar-refractivity contribution in [3.63, 3.8) is 0 Å². The fourth-order valence-corrected chi connectivity index (χ4v) is 4.01. The molecule has 1 aliphatic carbocycles. The second kappa shape index (κ2) is 7.63. The van der Waals surface area contributed by atoms with E-state index in [2.05, 4.69) is 11.4 Å². The Balaban J connectivity index is 1.64. The summed E-state index contributed by atoms with van der Waals surface area (Å²) in [5.74, 6) is -0.535. The molecule has 1 amide bonds. The topological polar surface area (TPSA) is 65.4 Å². The Kier molecular flexibility index (Phi) is 5.47. The minimum atomic E-state index is -0.904. The molecule has 26 heavy (non-hydrogen) atoms. The van der Waals surface area contributed by atoms with Crippen LogP contribution in [-0.2, 0) is 16.1 Å². The molecule has 1 aliphatic heterocycles. The Bertz CT molecular complexity index is 699. The number of hydrogen-bond donors (Lipinski definition) is 1. The van der Waals surface area contributed by atoms with Crippen LogP contribution in [0, 0.1) is 22.6 Å². The van der Waals surface area contributed by atoms with Gasteiger partial charge in [0, 0.05) is 19.6 Å². The zero-order valence-electron chi connectivity index (χ0n) is 15.4. The number of nitrogens with one attached hydrogen (secondary N) is 1. The number of ether oxygens (including phenoxy) is 1. The highest BCUT2D eigenvalue weighted by Crippen LogP contribution is 2.37. The van der Waals surface area contributed by atoms with Crippen LogP contribution in [0.3, 0.4) is 0 Å².